The molecule has 0 aliphatic rings. The van der Waals surface area contributed by atoms with E-state index in [4.69, 9.17) is 9.15 Å². The second-order valence-electron chi connectivity index (χ2n) is 8.11. The maximum Gasteiger partial charge on any atom is 0.416 e. The fourth-order valence-corrected chi connectivity index (χ4v) is 2.61. The highest BCUT2D eigenvalue weighted by atomic mass is 19.4. The largest absolute Gasteiger partial charge is 0.444 e. The Morgan fingerprint density at radius 3 is 2.39 bits per heavy atom. The van der Waals surface area contributed by atoms with Crippen molar-refractivity contribution in [1.82, 2.24) is 25.1 Å². The Morgan fingerprint density at radius 2 is 1.76 bits per heavy atom. The smallest absolute Gasteiger partial charge is 0.416 e. The highest BCUT2D eigenvalue weighted by Crippen LogP contribution is 2.31. The number of anilines is 2. The summed E-state index contributed by atoms with van der Waals surface area (Å²) in [7, 11) is 1.60. The van der Waals surface area contributed by atoms with Crippen LogP contribution in [0.2, 0.25) is 0 Å². The average molecular weight is 464 g/mol. The summed E-state index contributed by atoms with van der Waals surface area (Å²) in [4.78, 5) is 21.8. The van der Waals surface area contributed by atoms with Crippen molar-refractivity contribution in [3.8, 4) is 11.6 Å². The van der Waals surface area contributed by atoms with Crippen LogP contribution in [0.3, 0.4) is 0 Å². The Balaban J connectivity index is 1.69. The molecule has 0 saturated carbocycles. The molecule has 3 rings (SSSR count). The Labute approximate surface area is 188 Å². The van der Waals surface area contributed by atoms with Gasteiger partial charge in [0, 0.05) is 38.1 Å². The molecule has 0 radical (unpaired) electrons. The summed E-state index contributed by atoms with van der Waals surface area (Å²) in [6, 6.07) is 4.49. The van der Waals surface area contributed by atoms with Gasteiger partial charge in [0.1, 0.15) is 5.60 Å². The molecular formula is C21H23F3N6O3. The Morgan fingerprint density at radius 1 is 1.09 bits per heavy atom. The second-order valence-corrected chi connectivity index (χ2v) is 8.11. The number of halogens is 3. The third-order valence-corrected chi connectivity index (χ3v) is 4.21. The summed E-state index contributed by atoms with van der Waals surface area (Å²) in [5.41, 5.74) is -0.753. The number of ether oxygens (including phenoxy) is 1. The van der Waals surface area contributed by atoms with Crippen molar-refractivity contribution in [3.05, 3.63) is 48.1 Å². The minimum atomic E-state index is -4.42. The highest BCUT2D eigenvalue weighted by Gasteiger charge is 2.30. The van der Waals surface area contributed by atoms with Gasteiger partial charge in [0.2, 0.25) is 5.89 Å². The van der Waals surface area contributed by atoms with Gasteiger partial charge in [0.15, 0.2) is 11.5 Å². The quantitative estimate of drug-likeness (QED) is 0.560. The molecule has 2 heterocycles. The second kappa shape index (κ2) is 9.43. The summed E-state index contributed by atoms with van der Waals surface area (Å²) in [5, 5.41) is 10.9. The molecule has 2 aromatic heterocycles. The van der Waals surface area contributed by atoms with Crippen LogP contribution in [0.1, 0.15) is 32.2 Å². The van der Waals surface area contributed by atoms with E-state index >= 15 is 0 Å². The van der Waals surface area contributed by atoms with Crippen LogP contribution in [0.15, 0.2) is 41.1 Å². The molecule has 0 saturated heterocycles. The number of benzene rings is 1. The van der Waals surface area contributed by atoms with Crippen molar-refractivity contribution in [2.75, 3.05) is 18.9 Å². The number of nitrogens with one attached hydrogen (secondary N) is 1. The topological polar surface area (TPSA) is 106 Å². The van der Waals surface area contributed by atoms with Crippen molar-refractivity contribution in [1.29, 1.82) is 0 Å². The zero-order valence-electron chi connectivity index (χ0n) is 18.5. The first-order valence-corrected chi connectivity index (χ1v) is 9.94. The fraction of sp³-hybridized carbons (Fsp3) is 0.381. The summed E-state index contributed by atoms with van der Waals surface area (Å²) >= 11 is 0. The first-order valence-electron chi connectivity index (χ1n) is 9.94. The van der Waals surface area contributed by atoms with Gasteiger partial charge in [-0.1, -0.05) is 0 Å². The number of hydrogen-bond donors (Lipinski definition) is 1. The lowest BCUT2D eigenvalue weighted by molar-refractivity contribution is -0.137. The number of hydrogen-bond acceptors (Lipinski definition) is 8. The van der Waals surface area contributed by atoms with E-state index in [1.807, 2.05) is 0 Å². The molecule has 176 valence electrons. The van der Waals surface area contributed by atoms with E-state index in [0.29, 0.717) is 5.69 Å². The minimum absolute atomic E-state index is 0.0763. The number of amides is 1. The summed E-state index contributed by atoms with van der Waals surface area (Å²) in [6.07, 6.45) is -1.77. The normalized spacial score (nSPS) is 11.8. The Bertz CT molecular complexity index is 1090. The number of nitrogens with zero attached hydrogens (tertiary/aromatic N) is 5. The molecule has 12 heteroatoms. The average Bonchev–Trinajstić information content (AvgIpc) is 3.20. The van der Waals surface area contributed by atoms with Crippen molar-refractivity contribution >= 4 is 17.6 Å². The van der Waals surface area contributed by atoms with Crippen molar-refractivity contribution in [2.45, 2.75) is 39.0 Å². The zero-order chi connectivity index (χ0) is 24.2. The number of aromatic nitrogens is 4. The molecule has 3 aromatic rings. The van der Waals surface area contributed by atoms with Gasteiger partial charge in [-0.3, -0.25) is 0 Å². The SMILES string of the molecule is CN(CCc1nnc(-c2nccnc2Nc2ccc(C(F)(F)F)cc2)o1)C(=O)OC(C)(C)C. The van der Waals surface area contributed by atoms with Gasteiger partial charge in [-0.25, -0.2) is 14.8 Å². The maximum absolute atomic E-state index is 12.8. The first-order chi connectivity index (χ1) is 15.4. The molecule has 0 fully saturated rings. The minimum Gasteiger partial charge on any atom is -0.444 e. The number of carbonyl (C=O) groups is 1. The number of likely N-dealkylation sites (N-methyl/N-ethyl adjacent to an activating group) is 1. The molecule has 0 aliphatic carbocycles. The zero-order valence-corrected chi connectivity index (χ0v) is 18.5. The van der Waals surface area contributed by atoms with Gasteiger partial charge < -0.3 is 19.4 Å². The first kappa shape index (κ1) is 24.0. The molecule has 1 N–H and O–H groups in total. The van der Waals surface area contributed by atoms with Crippen LogP contribution in [0, 0.1) is 0 Å². The van der Waals surface area contributed by atoms with Gasteiger partial charge in [-0.2, -0.15) is 13.2 Å². The maximum atomic E-state index is 12.8. The lowest BCUT2D eigenvalue weighted by Gasteiger charge is -2.24. The van der Waals surface area contributed by atoms with E-state index in [1.165, 1.54) is 29.4 Å². The lowest BCUT2D eigenvalue weighted by Crippen LogP contribution is -2.35. The molecule has 1 aromatic carbocycles. The molecule has 0 aliphatic heterocycles. The Hall–Kier alpha value is -3.70. The van der Waals surface area contributed by atoms with Crippen LogP contribution < -0.4 is 5.32 Å². The molecule has 1 amide bonds. The van der Waals surface area contributed by atoms with Crippen LogP contribution >= 0.6 is 0 Å². The summed E-state index contributed by atoms with van der Waals surface area (Å²) in [5.74, 6) is 0.581. The molecule has 9 nitrogen and oxygen atoms in total. The summed E-state index contributed by atoms with van der Waals surface area (Å²) < 4.78 is 49.2. The predicted octanol–water partition coefficient (Wildman–Crippen LogP) is 4.70. The van der Waals surface area contributed by atoms with Crippen molar-refractivity contribution in [2.24, 2.45) is 0 Å². The van der Waals surface area contributed by atoms with Crippen LogP contribution in [0.5, 0.6) is 0 Å². The van der Waals surface area contributed by atoms with Gasteiger partial charge >= 0.3 is 12.3 Å². The Kier molecular flexibility index (Phi) is 6.84. The van der Waals surface area contributed by atoms with E-state index in [0.717, 1.165) is 12.1 Å². The predicted molar refractivity (Wildman–Crippen MR) is 113 cm³/mol. The third kappa shape index (κ3) is 6.64. The molecule has 33 heavy (non-hydrogen) atoms. The number of carbonyl (C=O) groups excluding carboxylic acids is 1. The molecule has 0 spiro atoms. The van der Waals surface area contributed by atoms with E-state index in [2.05, 4.69) is 25.5 Å². The highest BCUT2D eigenvalue weighted by molar-refractivity contribution is 5.70. The van der Waals surface area contributed by atoms with E-state index in [-0.39, 0.29) is 36.3 Å². The summed E-state index contributed by atoms with van der Waals surface area (Å²) in [6.45, 7) is 5.62. The van der Waals surface area contributed by atoms with Gasteiger partial charge in [0.25, 0.3) is 5.89 Å². The van der Waals surface area contributed by atoms with Crippen molar-refractivity contribution < 1.29 is 27.1 Å². The van der Waals surface area contributed by atoms with E-state index in [1.54, 1.807) is 27.8 Å². The standard InChI is InChI=1S/C21H23F3N6O3/c1-20(2,3)33-19(31)30(4)12-9-15-28-29-18(32-15)16-17(26-11-10-25-16)27-14-7-5-13(6-8-14)21(22,23)24/h5-8,10-11H,9,12H2,1-4H3,(H,26,27). The van der Waals surface area contributed by atoms with Crippen LogP contribution in [0.25, 0.3) is 11.6 Å². The number of alkyl halides is 3. The monoisotopic (exact) mass is 464 g/mol. The van der Waals surface area contributed by atoms with E-state index in [9.17, 15) is 18.0 Å². The van der Waals surface area contributed by atoms with Crippen molar-refractivity contribution in [3.63, 3.8) is 0 Å². The molecular weight excluding hydrogens is 441 g/mol. The van der Waals surface area contributed by atoms with Crippen LogP contribution in [0.4, 0.5) is 29.5 Å². The van der Waals surface area contributed by atoms with E-state index < -0.39 is 23.4 Å². The third-order valence-electron chi connectivity index (χ3n) is 4.21. The molecule has 0 bridgehead atoms. The van der Waals surface area contributed by atoms with Gasteiger partial charge in [0.05, 0.1) is 5.56 Å². The fourth-order valence-electron chi connectivity index (χ4n) is 2.61. The van der Waals surface area contributed by atoms with Crippen LogP contribution in [-0.4, -0.2) is 50.4 Å². The number of rotatable bonds is 6. The van der Waals surface area contributed by atoms with Gasteiger partial charge in [-0.15, -0.1) is 10.2 Å². The lowest BCUT2D eigenvalue weighted by atomic mass is 10.2. The molecule has 0 unspecified atom stereocenters. The van der Waals surface area contributed by atoms with Gasteiger partial charge in [-0.05, 0) is 45.0 Å². The molecule has 0 atom stereocenters. The van der Waals surface area contributed by atoms with Crippen LogP contribution in [-0.2, 0) is 17.3 Å².